The minimum absolute atomic E-state index is 0.00888. The maximum atomic E-state index is 12.7. The summed E-state index contributed by atoms with van der Waals surface area (Å²) in [6.07, 6.45) is 58.5. The second-order valence-corrected chi connectivity index (χ2v) is 43.2. The maximum absolute atomic E-state index is 12.7. The van der Waals surface area contributed by atoms with Crippen molar-refractivity contribution in [2.24, 2.45) is 10.9 Å². The van der Waals surface area contributed by atoms with Gasteiger partial charge in [0.25, 0.3) is 29.5 Å². The van der Waals surface area contributed by atoms with Gasteiger partial charge in [0.1, 0.15) is 33.9 Å². The first kappa shape index (κ1) is 99.8. The Morgan fingerprint density at radius 2 is 0.885 bits per heavy atom. The highest BCUT2D eigenvalue weighted by atomic mass is 32.1. The van der Waals surface area contributed by atoms with Crippen LogP contribution in [0, 0.1) is 5.92 Å². The molecule has 11 aliphatic heterocycles. The number of piperidine rings is 10. The van der Waals surface area contributed by atoms with E-state index in [1.165, 1.54) is 240 Å². The zero-order valence-electron chi connectivity index (χ0n) is 85.5. The summed E-state index contributed by atoms with van der Waals surface area (Å²) in [6.45, 7) is 23.4. The number of anilines is 5. The molecule has 0 saturated carbocycles. The Hall–Kier alpha value is -12.8. The third kappa shape index (κ3) is 23.4. The number of dihydropyridines is 1. The monoisotopic (exact) mass is 2040 g/mol. The molecule has 12 aliphatic rings. The van der Waals surface area contributed by atoms with Gasteiger partial charge in [-0.05, 0) is 277 Å². The topological polar surface area (TPSA) is 317 Å². The zero-order valence-corrected chi connectivity index (χ0v) is 87.2. The van der Waals surface area contributed by atoms with Gasteiger partial charge in [-0.1, -0.05) is 85.1 Å². The van der Waals surface area contributed by atoms with E-state index in [0.717, 1.165) is 167 Å². The van der Waals surface area contributed by atoms with Crippen molar-refractivity contribution in [3.05, 3.63) is 198 Å². The minimum atomic E-state index is -0.176. The molecule has 24 heterocycles. The molecule has 10 fully saturated rings. The summed E-state index contributed by atoms with van der Waals surface area (Å²) >= 11 is 3.46. The van der Waals surface area contributed by atoms with Gasteiger partial charge < -0.3 is 81.8 Å². The van der Waals surface area contributed by atoms with Crippen molar-refractivity contribution in [3.63, 3.8) is 0 Å². The molecule has 33 nitrogen and oxygen atoms in total. The van der Waals surface area contributed by atoms with Gasteiger partial charge in [0.2, 0.25) is 22.8 Å². The van der Waals surface area contributed by atoms with Gasteiger partial charge in [-0.2, -0.15) is 15.0 Å². The van der Waals surface area contributed by atoms with E-state index in [4.69, 9.17) is 47.4 Å². The van der Waals surface area contributed by atoms with Crippen LogP contribution < -0.4 is 44.8 Å². The van der Waals surface area contributed by atoms with Crippen molar-refractivity contribution in [2.75, 3.05) is 177 Å². The Labute approximate surface area is 872 Å². The smallest absolute Gasteiger partial charge is 0.299 e. The molecule has 26 rings (SSSR count). The summed E-state index contributed by atoms with van der Waals surface area (Å²) in [5.41, 5.74) is 13.6. The number of oxazole rings is 3. The van der Waals surface area contributed by atoms with E-state index in [2.05, 4.69) is 130 Å². The van der Waals surface area contributed by atoms with Crippen molar-refractivity contribution < 1.29 is 32.3 Å². The van der Waals surface area contributed by atoms with Gasteiger partial charge in [0, 0.05) is 186 Å². The summed E-state index contributed by atoms with van der Waals surface area (Å²) in [7, 11) is 4.97. The lowest BCUT2D eigenvalue weighted by atomic mass is 9.83. The van der Waals surface area contributed by atoms with Crippen LogP contribution in [0.15, 0.2) is 194 Å². The molecule has 774 valence electrons. The van der Waals surface area contributed by atoms with Crippen molar-refractivity contribution in [1.82, 2.24) is 94.0 Å². The maximum Gasteiger partial charge on any atom is 0.299 e. The number of aromatic nitrogens is 13. The van der Waals surface area contributed by atoms with Gasteiger partial charge in [-0.3, -0.25) is 24.0 Å². The highest BCUT2D eigenvalue weighted by Crippen LogP contribution is 2.42. The van der Waals surface area contributed by atoms with Crippen molar-refractivity contribution in [2.45, 2.75) is 203 Å². The lowest BCUT2D eigenvalue weighted by Gasteiger charge is -2.40. The number of thiazole rings is 2. The molecule has 1 N–H and O–H groups in total. The molecule has 0 radical (unpaired) electrons. The molecule has 1 amide bonds. The SMILES string of the molecule is COC1=CC=NC2C(c3cnc4nc(N5CCC(N6CCCCC6)CC5)oc4c3)=CC=CC12.COc1cc(-c2cnc3nc(N4CCC(N5CCCCC5)CC4)oc3c2)ccn1.COc1ccc(CNC(=O)c2cc3sc(N4CCC(N5CCCCC5)CC4)nc3cn2)cc1.O=c1ccnc2c(-c3cnc4nc(N5CCC(N6CCCCC6)CC5)oc4c3)cccn12.c1cc2sc(N3CCC(N4CCCCC4)CC3)nc2cn1. The van der Waals surface area contributed by atoms with Crippen LogP contribution in [0.4, 0.5) is 28.3 Å². The summed E-state index contributed by atoms with van der Waals surface area (Å²) in [5, 5.41) is 5.17. The number of rotatable bonds is 19. The molecule has 1 aliphatic carbocycles. The lowest BCUT2D eigenvalue weighted by molar-refractivity contribution is 0.0946. The molecular formula is C113H137N25O8S2. The Kier molecular flexibility index (Phi) is 32.0. The number of aliphatic imine (C=N–C) groups is 1. The number of methoxy groups -OCH3 is 3. The largest absolute Gasteiger partial charge is 0.500 e. The van der Waals surface area contributed by atoms with Crippen LogP contribution in [0.2, 0.25) is 0 Å². The molecule has 0 bridgehead atoms. The van der Waals surface area contributed by atoms with Crippen LogP contribution in [-0.2, 0) is 11.3 Å². The average molecular weight is 2040 g/mol. The van der Waals surface area contributed by atoms with E-state index in [1.54, 1.807) is 68.8 Å². The number of pyridine rings is 7. The van der Waals surface area contributed by atoms with Crippen molar-refractivity contribution in [3.8, 4) is 33.9 Å². The average Bonchev–Trinajstić information content (AvgIpc) is 1.49. The number of nitrogens with zero attached hydrogens (tertiary/aromatic N) is 24. The van der Waals surface area contributed by atoms with Crippen LogP contribution in [0.5, 0.6) is 11.6 Å². The van der Waals surface area contributed by atoms with Gasteiger partial charge in [0.05, 0.1) is 55.1 Å². The summed E-state index contributed by atoms with van der Waals surface area (Å²) in [5.74, 6) is 2.25. The Morgan fingerprint density at radius 3 is 1.38 bits per heavy atom. The number of benzene rings is 1. The Bertz CT molecular complexity index is 6980. The normalized spacial score (nSPS) is 20.7. The fraction of sp³-hybridized carbons (Fsp3) is 0.496. The number of carbonyl (C=O) groups is 1. The van der Waals surface area contributed by atoms with E-state index in [0.29, 0.717) is 88.0 Å². The van der Waals surface area contributed by atoms with E-state index in [9.17, 15) is 9.59 Å². The minimum Gasteiger partial charge on any atom is -0.500 e. The standard InChI is InChI=1S/C26H31N5O2.C25H31N5O2S.C24H26N6O2.C22H27N5O2.C16H22N4S/c1-32-22-8-11-27-24-20(6-5-7-21(22)24)18-16-23-25(28-17-18)29-26(33-23)31-14-9-19(10-15-31)30-12-3-2-4-13-30;1-32-20-7-5-18(6-8-20)16-27-24(31)21-15-23-22(17-26-21)28-25(33-23)30-13-9-19(10-14-30)29-11-3-2-4-12-29;31-21-6-9-25-23-19(5-4-12-30(21)23)17-15-20-22(26-16-17)27-24(32-20)29-13-7-18(8-14-29)28-10-2-1-3-11-28;1-28-20-14-16(5-8-23-20)17-13-19-21(24-15-17)25-22(29-19)27-11-6-18(7-12-27)26-9-3-2-4-10-26;1-2-8-19(9-3-1)13-5-10-20(11-6-13)16-18-14-12-17-7-4-15(14)21-16/h5-8,11,16-17,19,21,24H,2-4,9-10,12-15H2,1H3;5-8,15,17,19H,2-4,9-14,16H2,1H3,(H,27,31);4-6,9,12,15-16,18H,1-3,7-8,10-11,13-14H2;5,8,13-15,18H,2-4,6-7,9-12H2,1H3;4,7,12-13H,1-3,5-6,8-11H2. The molecule has 35 heteroatoms. The highest BCUT2D eigenvalue weighted by Gasteiger charge is 2.37. The number of likely N-dealkylation sites (tertiary alicyclic amines) is 5. The van der Waals surface area contributed by atoms with Gasteiger partial charge >= 0.3 is 0 Å². The first-order valence-electron chi connectivity index (χ1n) is 54.2. The number of allylic oxidation sites excluding steroid dienone is 3. The Morgan fingerprint density at radius 1 is 0.419 bits per heavy atom. The number of ether oxygens (including phenoxy) is 3. The Balaban J connectivity index is 0.000000106. The van der Waals surface area contributed by atoms with Crippen molar-refractivity contribution in [1.29, 1.82) is 0 Å². The number of carbonyl (C=O) groups excluding carboxylic acids is 1. The number of amides is 1. The predicted molar refractivity (Wildman–Crippen MR) is 586 cm³/mol. The van der Waals surface area contributed by atoms with Crippen LogP contribution in [0.25, 0.3) is 87.6 Å². The molecule has 148 heavy (non-hydrogen) atoms. The number of nitrogens with one attached hydrogen (secondary N) is 1. The third-order valence-electron chi connectivity index (χ3n) is 32.0. The van der Waals surface area contributed by atoms with Crippen LogP contribution in [0.3, 0.4) is 0 Å². The predicted octanol–water partition coefficient (Wildman–Crippen LogP) is 18.6. The second kappa shape index (κ2) is 47.4. The zero-order chi connectivity index (χ0) is 100. The molecule has 2 unspecified atom stereocenters. The van der Waals surface area contributed by atoms with Crippen LogP contribution in [0.1, 0.15) is 182 Å². The quantitative estimate of drug-likeness (QED) is 0.0786. The van der Waals surface area contributed by atoms with Crippen LogP contribution >= 0.6 is 22.7 Å². The fourth-order valence-electron chi connectivity index (χ4n) is 23.7. The van der Waals surface area contributed by atoms with E-state index in [-0.39, 0.29) is 23.4 Å². The van der Waals surface area contributed by atoms with E-state index >= 15 is 0 Å². The first-order valence-corrected chi connectivity index (χ1v) is 55.9. The summed E-state index contributed by atoms with van der Waals surface area (Å²) in [6, 6.07) is 32.3. The third-order valence-corrected chi connectivity index (χ3v) is 34.2. The van der Waals surface area contributed by atoms with Gasteiger partial charge in [-0.25, -0.2) is 39.9 Å². The highest BCUT2D eigenvalue weighted by molar-refractivity contribution is 7.22. The molecular weight excluding hydrogens is 1900 g/mol. The van der Waals surface area contributed by atoms with Gasteiger partial charge in [0.15, 0.2) is 27.0 Å². The summed E-state index contributed by atoms with van der Waals surface area (Å²) in [4.78, 5) is 109. The van der Waals surface area contributed by atoms with Crippen molar-refractivity contribution >= 4 is 128 Å². The lowest BCUT2D eigenvalue weighted by Crippen LogP contribution is -2.46. The number of fused-ring (bicyclic) bond motifs is 7. The van der Waals surface area contributed by atoms with E-state index in [1.807, 2.05) is 104 Å². The summed E-state index contributed by atoms with van der Waals surface area (Å²) < 4.78 is 38.2. The first-order chi connectivity index (χ1) is 72.9. The molecule has 0 spiro atoms. The molecule has 2 atom stereocenters. The molecule has 14 aromatic rings. The molecule has 13 aromatic heterocycles. The van der Waals surface area contributed by atoms with Gasteiger partial charge in [-0.15, -0.1) is 0 Å². The number of hydrogen-bond donors (Lipinski definition) is 1. The molecule has 1 aromatic carbocycles. The van der Waals surface area contributed by atoms with Crippen LogP contribution in [-0.4, -0.2) is 289 Å². The second-order valence-electron chi connectivity index (χ2n) is 41.1. The van der Waals surface area contributed by atoms with E-state index < -0.39 is 0 Å². The molecule has 10 saturated heterocycles. The fourth-order valence-corrected chi connectivity index (χ4v) is 25.7. The number of hydrogen-bond acceptors (Lipinski definition) is 33.